The van der Waals surface area contributed by atoms with Gasteiger partial charge in [-0.1, -0.05) is 103 Å². The molecule has 126 valence electrons. The summed E-state index contributed by atoms with van der Waals surface area (Å²) in [7, 11) is 0. The standard InChI is InChI=1S/C22H19ClO2/c23-22(20-14-8-3-9-15-20)21(24-16-17-25-22,18-10-4-1-5-11-18)19-12-6-2-7-13-19/h1-15H,16-17H2/t22-/m1/s1. The van der Waals surface area contributed by atoms with Crippen molar-refractivity contribution in [3.05, 3.63) is 108 Å². The Balaban J connectivity index is 2.01. The second kappa shape index (κ2) is 6.64. The summed E-state index contributed by atoms with van der Waals surface area (Å²) in [6.45, 7) is 0.922. The molecular weight excluding hydrogens is 332 g/mol. The van der Waals surface area contributed by atoms with Gasteiger partial charge in [-0.3, -0.25) is 0 Å². The van der Waals surface area contributed by atoms with Gasteiger partial charge in [-0.25, -0.2) is 0 Å². The minimum Gasteiger partial charge on any atom is -0.358 e. The zero-order valence-electron chi connectivity index (χ0n) is 13.8. The lowest BCUT2D eigenvalue weighted by Crippen LogP contribution is -2.54. The van der Waals surface area contributed by atoms with E-state index in [1.165, 1.54) is 0 Å². The lowest BCUT2D eigenvalue weighted by atomic mass is 9.77. The Kier molecular flexibility index (Phi) is 4.34. The summed E-state index contributed by atoms with van der Waals surface area (Å²) < 4.78 is 12.7. The van der Waals surface area contributed by atoms with Gasteiger partial charge in [-0.2, -0.15) is 0 Å². The number of halogens is 1. The van der Waals surface area contributed by atoms with Crippen LogP contribution in [0.3, 0.4) is 0 Å². The van der Waals surface area contributed by atoms with E-state index in [2.05, 4.69) is 0 Å². The van der Waals surface area contributed by atoms with Gasteiger partial charge in [0.2, 0.25) is 5.06 Å². The molecule has 25 heavy (non-hydrogen) atoms. The van der Waals surface area contributed by atoms with Crippen LogP contribution in [0, 0.1) is 0 Å². The predicted molar refractivity (Wildman–Crippen MR) is 99.5 cm³/mol. The van der Waals surface area contributed by atoms with Crippen LogP contribution in [-0.4, -0.2) is 13.2 Å². The van der Waals surface area contributed by atoms with E-state index in [0.29, 0.717) is 13.2 Å². The average molecular weight is 351 g/mol. The molecule has 3 heteroatoms. The molecular formula is C22H19ClO2. The topological polar surface area (TPSA) is 18.5 Å². The first-order chi connectivity index (χ1) is 12.3. The second-order valence-corrected chi connectivity index (χ2v) is 6.60. The minimum atomic E-state index is -1.16. The SMILES string of the molecule is Cl[C@]1(c2ccccc2)OCCOC1(c1ccccc1)c1ccccc1. The van der Waals surface area contributed by atoms with Crippen molar-refractivity contribution in [2.75, 3.05) is 13.2 Å². The number of hydrogen-bond acceptors (Lipinski definition) is 2. The van der Waals surface area contributed by atoms with E-state index in [1.807, 2.05) is 91.0 Å². The highest BCUT2D eigenvalue weighted by molar-refractivity contribution is 6.24. The van der Waals surface area contributed by atoms with Crippen molar-refractivity contribution in [3.63, 3.8) is 0 Å². The summed E-state index contributed by atoms with van der Waals surface area (Å²) in [5.74, 6) is 0. The lowest BCUT2D eigenvalue weighted by molar-refractivity contribution is -0.216. The van der Waals surface area contributed by atoms with Gasteiger partial charge in [0.15, 0.2) is 5.60 Å². The fourth-order valence-electron chi connectivity index (χ4n) is 3.56. The first-order valence-corrected chi connectivity index (χ1v) is 8.78. The summed E-state index contributed by atoms with van der Waals surface area (Å²) in [4.78, 5) is 0. The van der Waals surface area contributed by atoms with Crippen molar-refractivity contribution in [3.8, 4) is 0 Å². The van der Waals surface area contributed by atoms with Crippen LogP contribution in [0.25, 0.3) is 0 Å². The molecule has 1 atom stereocenters. The monoisotopic (exact) mass is 350 g/mol. The van der Waals surface area contributed by atoms with E-state index in [9.17, 15) is 0 Å². The van der Waals surface area contributed by atoms with Crippen LogP contribution < -0.4 is 0 Å². The maximum absolute atomic E-state index is 7.25. The van der Waals surface area contributed by atoms with E-state index in [1.54, 1.807) is 0 Å². The first-order valence-electron chi connectivity index (χ1n) is 8.41. The zero-order chi connectivity index (χ0) is 17.2. The molecule has 0 N–H and O–H groups in total. The highest BCUT2D eigenvalue weighted by atomic mass is 35.5. The number of benzene rings is 3. The lowest BCUT2D eigenvalue weighted by Gasteiger charge is -2.50. The Labute approximate surface area is 153 Å². The van der Waals surface area contributed by atoms with Crippen molar-refractivity contribution in [1.29, 1.82) is 0 Å². The van der Waals surface area contributed by atoms with E-state index >= 15 is 0 Å². The molecule has 0 amide bonds. The highest BCUT2D eigenvalue weighted by Crippen LogP contribution is 2.55. The van der Waals surface area contributed by atoms with Crippen LogP contribution in [-0.2, 0) is 20.1 Å². The fourth-order valence-corrected chi connectivity index (χ4v) is 4.04. The molecule has 0 radical (unpaired) electrons. The molecule has 0 spiro atoms. The molecule has 2 nitrogen and oxygen atoms in total. The largest absolute Gasteiger partial charge is 0.358 e. The Hall–Kier alpha value is -2.13. The third-order valence-corrected chi connectivity index (χ3v) is 5.25. The number of alkyl halides is 1. The van der Waals surface area contributed by atoms with Crippen molar-refractivity contribution >= 4 is 11.6 Å². The van der Waals surface area contributed by atoms with Gasteiger partial charge in [-0.05, 0) is 11.1 Å². The van der Waals surface area contributed by atoms with Crippen molar-refractivity contribution in [1.82, 2.24) is 0 Å². The number of ether oxygens (including phenoxy) is 2. The van der Waals surface area contributed by atoms with Crippen molar-refractivity contribution in [2.24, 2.45) is 0 Å². The minimum absolute atomic E-state index is 0.444. The molecule has 1 fully saturated rings. The quantitative estimate of drug-likeness (QED) is 0.614. The van der Waals surface area contributed by atoms with Crippen LogP contribution in [0.4, 0.5) is 0 Å². The molecule has 4 rings (SSSR count). The predicted octanol–water partition coefficient (Wildman–Crippen LogP) is 5.07. The van der Waals surface area contributed by atoms with Gasteiger partial charge in [0.1, 0.15) is 0 Å². The van der Waals surface area contributed by atoms with E-state index < -0.39 is 10.7 Å². The number of hydrogen-bond donors (Lipinski definition) is 0. The summed E-state index contributed by atoms with van der Waals surface area (Å²) in [6, 6.07) is 30.0. The van der Waals surface area contributed by atoms with Crippen LogP contribution in [0.5, 0.6) is 0 Å². The van der Waals surface area contributed by atoms with Crippen LogP contribution in [0.2, 0.25) is 0 Å². The first kappa shape index (κ1) is 16.3. The molecule has 1 aliphatic rings. The molecule has 1 saturated heterocycles. The molecule has 3 aromatic carbocycles. The van der Waals surface area contributed by atoms with Crippen LogP contribution in [0.1, 0.15) is 16.7 Å². The Morgan fingerprint density at radius 2 is 0.960 bits per heavy atom. The highest BCUT2D eigenvalue weighted by Gasteiger charge is 2.58. The Morgan fingerprint density at radius 1 is 0.560 bits per heavy atom. The third kappa shape index (κ3) is 2.58. The van der Waals surface area contributed by atoms with Gasteiger partial charge < -0.3 is 9.47 Å². The molecule has 1 heterocycles. The Morgan fingerprint density at radius 3 is 1.44 bits per heavy atom. The smallest absolute Gasteiger partial charge is 0.204 e. The molecule has 0 unspecified atom stereocenters. The van der Waals surface area contributed by atoms with Gasteiger partial charge in [0.05, 0.1) is 13.2 Å². The molecule has 1 aliphatic heterocycles. The summed E-state index contributed by atoms with van der Waals surface area (Å²) >= 11 is 7.25. The summed E-state index contributed by atoms with van der Waals surface area (Å²) in [5, 5.41) is -1.16. The fraction of sp³-hybridized carbons (Fsp3) is 0.182. The normalized spacial score (nSPS) is 22.4. The molecule has 0 bridgehead atoms. The summed E-state index contributed by atoms with van der Waals surface area (Å²) in [5.41, 5.74) is 1.89. The maximum atomic E-state index is 7.25. The van der Waals surface area contributed by atoms with E-state index in [-0.39, 0.29) is 0 Å². The molecule has 0 aliphatic carbocycles. The molecule has 3 aromatic rings. The van der Waals surface area contributed by atoms with Crippen molar-refractivity contribution < 1.29 is 9.47 Å². The maximum Gasteiger partial charge on any atom is 0.204 e. The van der Waals surface area contributed by atoms with Gasteiger partial charge >= 0.3 is 0 Å². The van der Waals surface area contributed by atoms with Crippen LogP contribution in [0.15, 0.2) is 91.0 Å². The third-order valence-electron chi connectivity index (χ3n) is 4.66. The van der Waals surface area contributed by atoms with Crippen molar-refractivity contribution in [2.45, 2.75) is 10.7 Å². The number of rotatable bonds is 3. The molecule has 0 saturated carbocycles. The van der Waals surface area contributed by atoms with E-state index in [4.69, 9.17) is 21.1 Å². The zero-order valence-corrected chi connectivity index (χ0v) is 14.5. The molecule has 0 aromatic heterocycles. The van der Waals surface area contributed by atoms with Gasteiger partial charge in [0.25, 0.3) is 0 Å². The second-order valence-electron chi connectivity index (χ2n) is 6.07. The Bertz CT molecular complexity index is 781. The summed E-state index contributed by atoms with van der Waals surface area (Å²) in [6.07, 6.45) is 0. The van der Waals surface area contributed by atoms with E-state index in [0.717, 1.165) is 16.7 Å². The average Bonchev–Trinajstić information content (AvgIpc) is 2.70. The van der Waals surface area contributed by atoms with Crippen LogP contribution >= 0.6 is 11.6 Å². The van der Waals surface area contributed by atoms with Gasteiger partial charge in [0, 0.05) is 5.56 Å². The van der Waals surface area contributed by atoms with Gasteiger partial charge in [-0.15, -0.1) is 0 Å².